The van der Waals surface area contributed by atoms with Crippen LogP contribution in [-0.2, 0) is 9.84 Å². The van der Waals surface area contributed by atoms with Gasteiger partial charge in [-0.25, -0.2) is 8.42 Å². The quantitative estimate of drug-likeness (QED) is 0.748. The molecule has 0 heterocycles. The Balaban J connectivity index is 2.45. The molecule has 0 spiro atoms. The predicted molar refractivity (Wildman–Crippen MR) is 52.3 cm³/mol. The lowest BCUT2D eigenvalue weighted by molar-refractivity contribution is 0.0411. The second-order valence-electron chi connectivity index (χ2n) is 4.45. The van der Waals surface area contributed by atoms with Gasteiger partial charge in [-0.3, -0.25) is 0 Å². The van der Waals surface area contributed by atoms with Crippen molar-refractivity contribution < 1.29 is 13.5 Å². The van der Waals surface area contributed by atoms with E-state index in [2.05, 4.69) is 6.92 Å². The van der Waals surface area contributed by atoms with Crippen LogP contribution in [0.3, 0.4) is 0 Å². The summed E-state index contributed by atoms with van der Waals surface area (Å²) in [5, 5.41) is 9.96. The van der Waals surface area contributed by atoms with Crippen molar-refractivity contribution in [1.29, 1.82) is 0 Å². The van der Waals surface area contributed by atoms with E-state index >= 15 is 0 Å². The van der Waals surface area contributed by atoms with E-state index in [0.717, 1.165) is 19.3 Å². The van der Waals surface area contributed by atoms with Crippen LogP contribution in [0.25, 0.3) is 0 Å². The Kier molecular flexibility index (Phi) is 3.02. The number of hydrogen-bond donors (Lipinski definition) is 1. The minimum atomic E-state index is -2.93. The largest absolute Gasteiger partial charge is 0.390 e. The van der Waals surface area contributed by atoms with E-state index in [1.165, 1.54) is 6.26 Å². The summed E-state index contributed by atoms with van der Waals surface area (Å²) in [6.45, 7) is 2.10. The average Bonchev–Trinajstić information content (AvgIpc) is 2.27. The summed E-state index contributed by atoms with van der Waals surface area (Å²) in [6, 6.07) is 0. The molecule has 0 saturated heterocycles. The smallest absolute Gasteiger partial charge is 0.147 e. The van der Waals surface area contributed by atoms with Gasteiger partial charge in [-0.2, -0.15) is 0 Å². The summed E-state index contributed by atoms with van der Waals surface area (Å²) in [4.78, 5) is 0. The summed E-state index contributed by atoms with van der Waals surface area (Å²) in [7, 11) is -2.93. The molecule has 1 aliphatic rings. The summed E-state index contributed by atoms with van der Waals surface area (Å²) in [5.41, 5.74) is -0.706. The third-order valence-electron chi connectivity index (χ3n) is 2.77. The molecule has 1 saturated carbocycles. The van der Waals surface area contributed by atoms with Gasteiger partial charge in [0.25, 0.3) is 0 Å². The van der Waals surface area contributed by atoms with Crippen LogP contribution in [0.1, 0.15) is 32.6 Å². The van der Waals surface area contributed by atoms with E-state index in [1.54, 1.807) is 0 Å². The Morgan fingerprint density at radius 2 is 2.15 bits per heavy atom. The molecule has 0 aromatic carbocycles. The first kappa shape index (κ1) is 11.0. The molecular formula is C9H18O3S. The van der Waals surface area contributed by atoms with Gasteiger partial charge >= 0.3 is 0 Å². The predicted octanol–water partition coefficient (Wildman–Crippen LogP) is 0.972. The fourth-order valence-electron chi connectivity index (χ4n) is 1.97. The van der Waals surface area contributed by atoms with Gasteiger partial charge < -0.3 is 5.11 Å². The van der Waals surface area contributed by atoms with Crippen LogP contribution in [0.15, 0.2) is 0 Å². The van der Waals surface area contributed by atoms with E-state index in [1.807, 2.05) is 0 Å². The minimum Gasteiger partial charge on any atom is -0.390 e. The third-order valence-corrected chi connectivity index (χ3v) is 3.71. The molecule has 0 aliphatic heterocycles. The highest BCUT2D eigenvalue weighted by molar-refractivity contribution is 7.90. The lowest BCUT2D eigenvalue weighted by Crippen LogP contribution is -2.27. The van der Waals surface area contributed by atoms with Crippen molar-refractivity contribution in [2.75, 3.05) is 12.0 Å². The molecule has 0 radical (unpaired) electrons. The molecule has 0 bridgehead atoms. The van der Waals surface area contributed by atoms with Crippen molar-refractivity contribution in [3.05, 3.63) is 0 Å². The number of aliphatic hydroxyl groups is 1. The van der Waals surface area contributed by atoms with Gasteiger partial charge in [-0.15, -0.1) is 0 Å². The molecule has 1 rings (SSSR count). The zero-order chi connectivity index (χ0) is 10.1. The second-order valence-corrected chi connectivity index (χ2v) is 6.71. The van der Waals surface area contributed by atoms with E-state index < -0.39 is 15.4 Å². The van der Waals surface area contributed by atoms with Gasteiger partial charge in [-0.1, -0.05) is 6.92 Å². The van der Waals surface area contributed by atoms with E-state index in [9.17, 15) is 13.5 Å². The molecule has 0 aromatic rings. The fourth-order valence-corrected chi connectivity index (χ4v) is 2.72. The van der Waals surface area contributed by atoms with Crippen LogP contribution in [0, 0.1) is 5.92 Å². The first-order chi connectivity index (χ1) is 5.81. The number of hydrogen-bond acceptors (Lipinski definition) is 3. The molecule has 2 unspecified atom stereocenters. The lowest BCUT2D eigenvalue weighted by Gasteiger charge is -2.21. The highest BCUT2D eigenvalue weighted by Gasteiger charge is 2.35. The summed E-state index contributed by atoms with van der Waals surface area (Å²) >= 11 is 0. The van der Waals surface area contributed by atoms with Gasteiger partial charge in [0, 0.05) is 6.26 Å². The normalized spacial score (nSPS) is 35.2. The summed E-state index contributed by atoms with van der Waals surface area (Å²) in [5.74, 6) is 0.639. The van der Waals surface area contributed by atoms with Crippen molar-refractivity contribution in [3.8, 4) is 0 Å². The molecular weight excluding hydrogens is 188 g/mol. The molecule has 1 aliphatic carbocycles. The van der Waals surface area contributed by atoms with E-state index in [4.69, 9.17) is 0 Å². The second kappa shape index (κ2) is 3.58. The molecule has 2 atom stereocenters. The Labute approximate surface area is 80.1 Å². The molecule has 3 nitrogen and oxygen atoms in total. The monoisotopic (exact) mass is 206 g/mol. The first-order valence-corrected chi connectivity index (χ1v) is 6.77. The molecule has 1 N–H and O–H groups in total. The maximum absolute atomic E-state index is 10.9. The van der Waals surface area contributed by atoms with Crippen LogP contribution in [0.5, 0.6) is 0 Å². The van der Waals surface area contributed by atoms with Gasteiger partial charge in [-0.05, 0) is 31.6 Å². The fraction of sp³-hybridized carbons (Fsp3) is 1.00. The van der Waals surface area contributed by atoms with Crippen LogP contribution < -0.4 is 0 Å². The van der Waals surface area contributed by atoms with Crippen molar-refractivity contribution in [2.45, 2.75) is 38.2 Å². The van der Waals surface area contributed by atoms with Gasteiger partial charge in [0.2, 0.25) is 0 Å². The molecule has 0 amide bonds. The van der Waals surface area contributed by atoms with Crippen molar-refractivity contribution >= 4 is 9.84 Å². The number of rotatable bonds is 3. The topological polar surface area (TPSA) is 54.4 Å². The van der Waals surface area contributed by atoms with Crippen LogP contribution in [-0.4, -0.2) is 31.1 Å². The molecule has 4 heteroatoms. The Morgan fingerprint density at radius 3 is 2.54 bits per heavy atom. The number of sulfone groups is 1. The lowest BCUT2D eigenvalue weighted by atomic mass is 9.98. The van der Waals surface area contributed by atoms with Gasteiger partial charge in [0.15, 0.2) is 0 Å². The SMILES string of the molecule is CC1CCC(O)(CCS(C)(=O)=O)C1. The highest BCUT2D eigenvalue weighted by atomic mass is 32.2. The molecule has 0 aromatic heterocycles. The van der Waals surface area contributed by atoms with Crippen LogP contribution in [0.4, 0.5) is 0 Å². The molecule has 1 fully saturated rings. The van der Waals surface area contributed by atoms with Crippen LogP contribution >= 0.6 is 0 Å². The van der Waals surface area contributed by atoms with Crippen molar-refractivity contribution in [3.63, 3.8) is 0 Å². The van der Waals surface area contributed by atoms with Crippen molar-refractivity contribution in [1.82, 2.24) is 0 Å². The highest BCUT2D eigenvalue weighted by Crippen LogP contribution is 2.36. The third kappa shape index (κ3) is 3.65. The van der Waals surface area contributed by atoms with Gasteiger partial charge in [0.1, 0.15) is 9.84 Å². The minimum absolute atomic E-state index is 0.107. The maximum atomic E-state index is 10.9. The standard InChI is InChI=1S/C9H18O3S/c1-8-3-4-9(10,7-8)5-6-13(2,11)12/h8,10H,3-7H2,1-2H3. The van der Waals surface area contributed by atoms with E-state index in [0.29, 0.717) is 12.3 Å². The zero-order valence-corrected chi connectivity index (χ0v) is 9.10. The summed E-state index contributed by atoms with van der Waals surface area (Å²) < 4.78 is 21.8. The Morgan fingerprint density at radius 1 is 1.54 bits per heavy atom. The Hall–Kier alpha value is -0.0900. The maximum Gasteiger partial charge on any atom is 0.147 e. The molecule has 78 valence electrons. The molecule has 13 heavy (non-hydrogen) atoms. The zero-order valence-electron chi connectivity index (χ0n) is 8.28. The van der Waals surface area contributed by atoms with Crippen molar-refractivity contribution in [2.24, 2.45) is 5.92 Å². The summed E-state index contributed by atoms with van der Waals surface area (Å²) in [6.07, 6.45) is 4.14. The average molecular weight is 206 g/mol. The first-order valence-electron chi connectivity index (χ1n) is 4.71. The Bertz CT molecular complexity index is 271. The van der Waals surface area contributed by atoms with Crippen LogP contribution in [0.2, 0.25) is 0 Å². The van der Waals surface area contributed by atoms with Gasteiger partial charge in [0.05, 0.1) is 11.4 Å². The van der Waals surface area contributed by atoms with E-state index in [-0.39, 0.29) is 5.75 Å².